The maximum Gasteiger partial charge on any atom is 0.200 e. The number of tetrazole rings is 1. The van der Waals surface area contributed by atoms with Crippen molar-refractivity contribution >= 4 is 0 Å². The van der Waals surface area contributed by atoms with Crippen LogP contribution in [0.1, 0.15) is 11.1 Å². The average Bonchev–Trinajstić information content (AvgIpc) is 3.03. The van der Waals surface area contributed by atoms with Gasteiger partial charge < -0.3 is 9.84 Å². The van der Waals surface area contributed by atoms with Crippen LogP contribution >= 0.6 is 0 Å². The monoisotopic (exact) mass is 325 g/mol. The molecule has 0 aliphatic carbocycles. The summed E-state index contributed by atoms with van der Waals surface area (Å²) in [5, 5.41) is 21.8. The predicted molar refractivity (Wildman–Crippen MR) is 88.5 cm³/mol. The van der Waals surface area contributed by atoms with Gasteiger partial charge in [-0.25, -0.2) is 4.68 Å². The highest BCUT2D eigenvalue weighted by Crippen LogP contribution is 2.19. The van der Waals surface area contributed by atoms with E-state index >= 15 is 0 Å². The van der Waals surface area contributed by atoms with E-state index in [4.69, 9.17) is 4.74 Å². The fourth-order valence-electron chi connectivity index (χ4n) is 2.41. The van der Waals surface area contributed by atoms with Crippen molar-refractivity contribution in [1.29, 1.82) is 0 Å². The summed E-state index contributed by atoms with van der Waals surface area (Å²) in [6, 6.07) is 11.4. The molecule has 7 heteroatoms. The highest BCUT2D eigenvalue weighted by atomic mass is 16.5. The molecule has 1 aromatic carbocycles. The molecule has 0 radical (unpaired) electrons. The van der Waals surface area contributed by atoms with Crippen LogP contribution in [0.2, 0.25) is 0 Å². The number of hydrogen-bond acceptors (Lipinski definition) is 6. The molecule has 0 aliphatic rings. The molecule has 2 aromatic heterocycles. The number of pyridine rings is 1. The second kappa shape index (κ2) is 7.18. The number of aryl methyl sites for hydroxylation is 2. The molecule has 24 heavy (non-hydrogen) atoms. The molecule has 3 rings (SSSR count). The Labute approximate surface area is 139 Å². The van der Waals surface area contributed by atoms with Gasteiger partial charge in [-0.1, -0.05) is 23.8 Å². The molecule has 0 saturated carbocycles. The summed E-state index contributed by atoms with van der Waals surface area (Å²) in [6.45, 7) is 4.40. The molecule has 0 saturated heterocycles. The lowest BCUT2D eigenvalue weighted by molar-refractivity contribution is 0.0889. The fraction of sp³-hybridized carbons (Fsp3) is 0.294. The van der Waals surface area contributed by atoms with Gasteiger partial charge in [0.1, 0.15) is 24.2 Å². The lowest BCUT2D eigenvalue weighted by Crippen LogP contribution is -2.25. The summed E-state index contributed by atoms with van der Waals surface area (Å²) in [5.74, 6) is 1.28. The first kappa shape index (κ1) is 16.1. The maximum atomic E-state index is 10.2. The number of benzene rings is 1. The van der Waals surface area contributed by atoms with Crippen molar-refractivity contribution in [2.24, 2.45) is 0 Å². The first-order valence-electron chi connectivity index (χ1n) is 7.69. The van der Waals surface area contributed by atoms with Crippen LogP contribution in [0.3, 0.4) is 0 Å². The van der Waals surface area contributed by atoms with E-state index in [1.54, 1.807) is 6.20 Å². The molecule has 124 valence electrons. The normalized spacial score (nSPS) is 12.1. The average molecular weight is 325 g/mol. The Hall–Kier alpha value is -2.80. The number of aliphatic hydroxyl groups is 1. The number of hydrogen-bond donors (Lipinski definition) is 1. The summed E-state index contributed by atoms with van der Waals surface area (Å²) in [5.41, 5.74) is 2.87. The molecule has 0 amide bonds. The molecule has 1 unspecified atom stereocenters. The molecule has 1 atom stereocenters. The first-order valence-corrected chi connectivity index (χ1v) is 7.69. The molecular formula is C17H19N5O2. The Morgan fingerprint density at radius 3 is 2.83 bits per heavy atom. The van der Waals surface area contributed by atoms with Gasteiger partial charge >= 0.3 is 0 Å². The number of aromatic nitrogens is 5. The van der Waals surface area contributed by atoms with E-state index in [1.807, 2.05) is 50.2 Å². The minimum Gasteiger partial charge on any atom is -0.491 e. The number of rotatable bonds is 6. The molecule has 7 nitrogen and oxygen atoms in total. The molecule has 3 aromatic rings. The number of aliphatic hydroxyl groups excluding tert-OH is 1. The Kier molecular flexibility index (Phi) is 4.81. The quantitative estimate of drug-likeness (QED) is 0.743. The Bertz CT molecular complexity index is 804. The van der Waals surface area contributed by atoms with Crippen molar-refractivity contribution < 1.29 is 9.84 Å². The zero-order valence-corrected chi connectivity index (χ0v) is 13.6. The SMILES string of the molecule is Cc1ccc(OCC(O)Cn2nnnc2-c2ccccn2)c(C)c1. The van der Waals surface area contributed by atoms with Gasteiger partial charge in [-0.3, -0.25) is 4.98 Å². The third-order valence-corrected chi connectivity index (χ3v) is 3.57. The van der Waals surface area contributed by atoms with Crippen LogP contribution in [0, 0.1) is 13.8 Å². The van der Waals surface area contributed by atoms with Gasteiger partial charge in [0, 0.05) is 6.20 Å². The van der Waals surface area contributed by atoms with Crippen molar-refractivity contribution in [3.05, 3.63) is 53.7 Å². The molecule has 0 spiro atoms. The molecule has 0 aliphatic heterocycles. The van der Waals surface area contributed by atoms with Gasteiger partial charge in [-0.2, -0.15) is 0 Å². The van der Waals surface area contributed by atoms with E-state index in [1.165, 1.54) is 10.2 Å². The smallest absolute Gasteiger partial charge is 0.200 e. The standard InChI is InChI=1S/C17H19N5O2/c1-12-6-7-16(13(2)9-12)24-11-14(23)10-22-17(19-20-21-22)15-5-3-4-8-18-15/h3-9,14,23H,10-11H2,1-2H3. The Balaban J connectivity index is 1.64. The van der Waals surface area contributed by atoms with E-state index in [2.05, 4.69) is 20.5 Å². The van der Waals surface area contributed by atoms with Gasteiger partial charge in [0.25, 0.3) is 0 Å². The highest BCUT2D eigenvalue weighted by molar-refractivity contribution is 5.47. The zero-order chi connectivity index (χ0) is 16.9. The molecule has 2 heterocycles. The molecule has 1 N–H and O–H groups in total. The van der Waals surface area contributed by atoms with Crippen molar-refractivity contribution in [3.8, 4) is 17.3 Å². The van der Waals surface area contributed by atoms with Crippen molar-refractivity contribution in [3.63, 3.8) is 0 Å². The van der Waals surface area contributed by atoms with E-state index in [9.17, 15) is 5.11 Å². The minimum absolute atomic E-state index is 0.158. The maximum absolute atomic E-state index is 10.2. The summed E-state index contributed by atoms with van der Waals surface area (Å²) < 4.78 is 7.23. The predicted octanol–water partition coefficient (Wildman–Crippen LogP) is 1.79. The fourth-order valence-corrected chi connectivity index (χ4v) is 2.41. The van der Waals surface area contributed by atoms with Gasteiger partial charge in [0.15, 0.2) is 0 Å². The summed E-state index contributed by atoms with van der Waals surface area (Å²) in [6.07, 6.45) is 0.935. The van der Waals surface area contributed by atoms with Crippen LogP contribution in [0.4, 0.5) is 0 Å². The largest absolute Gasteiger partial charge is 0.491 e. The third kappa shape index (κ3) is 3.75. The van der Waals surface area contributed by atoms with E-state index in [0.29, 0.717) is 11.5 Å². The van der Waals surface area contributed by atoms with E-state index in [-0.39, 0.29) is 13.2 Å². The summed E-state index contributed by atoms with van der Waals surface area (Å²) >= 11 is 0. The number of ether oxygens (including phenoxy) is 1. The van der Waals surface area contributed by atoms with Crippen LogP contribution in [0.5, 0.6) is 5.75 Å². The first-order chi connectivity index (χ1) is 11.6. The minimum atomic E-state index is -0.739. The molecule has 0 fully saturated rings. The van der Waals surface area contributed by atoms with Gasteiger partial charge in [0.2, 0.25) is 5.82 Å². The van der Waals surface area contributed by atoms with Crippen LogP contribution in [0.25, 0.3) is 11.5 Å². The number of nitrogens with zero attached hydrogens (tertiary/aromatic N) is 5. The second-order valence-corrected chi connectivity index (χ2v) is 5.63. The molecule has 0 bridgehead atoms. The second-order valence-electron chi connectivity index (χ2n) is 5.63. The van der Waals surface area contributed by atoms with E-state index in [0.717, 1.165) is 11.3 Å². The van der Waals surface area contributed by atoms with Crippen LogP contribution in [-0.2, 0) is 6.54 Å². The van der Waals surface area contributed by atoms with Crippen LogP contribution in [-0.4, -0.2) is 43.0 Å². The third-order valence-electron chi connectivity index (χ3n) is 3.57. The van der Waals surface area contributed by atoms with Gasteiger partial charge in [0.05, 0.1) is 6.54 Å². The molecular weight excluding hydrogens is 306 g/mol. The van der Waals surface area contributed by atoms with Crippen LogP contribution < -0.4 is 4.74 Å². The van der Waals surface area contributed by atoms with Crippen molar-refractivity contribution in [2.75, 3.05) is 6.61 Å². The highest BCUT2D eigenvalue weighted by Gasteiger charge is 2.14. The van der Waals surface area contributed by atoms with Gasteiger partial charge in [-0.15, -0.1) is 5.10 Å². The van der Waals surface area contributed by atoms with Crippen molar-refractivity contribution in [2.45, 2.75) is 26.5 Å². The Morgan fingerprint density at radius 1 is 1.21 bits per heavy atom. The van der Waals surface area contributed by atoms with E-state index < -0.39 is 6.10 Å². The Morgan fingerprint density at radius 2 is 2.08 bits per heavy atom. The lowest BCUT2D eigenvalue weighted by Gasteiger charge is -2.14. The summed E-state index contributed by atoms with van der Waals surface area (Å²) in [4.78, 5) is 4.23. The zero-order valence-electron chi connectivity index (χ0n) is 13.6. The van der Waals surface area contributed by atoms with Crippen molar-refractivity contribution in [1.82, 2.24) is 25.2 Å². The van der Waals surface area contributed by atoms with Gasteiger partial charge in [-0.05, 0) is 48.0 Å². The lowest BCUT2D eigenvalue weighted by atomic mass is 10.1. The van der Waals surface area contributed by atoms with Crippen LogP contribution in [0.15, 0.2) is 42.6 Å². The summed E-state index contributed by atoms with van der Waals surface area (Å²) in [7, 11) is 0. The topological polar surface area (TPSA) is 86.0 Å².